The maximum Gasteiger partial charge on any atom is 0.423 e. The highest BCUT2D eigenvalue weighted by Crippen LogP contribution is 2.38. The van der Waals surface area contributed by atoms with Gasteiger partial charge in [0.15, 0.2) is 0 Å². The largest absolute Gasteiger partial charge is 0.423 e. The second-order valence-electron chi connectivity index (χ2n) is 9.46. The Labute approximate surface area is 229 Å². The first-order valence-electron chi connectivity index (χ1n) is 12.3. The fraction of sp³-hybridized carbons (Fsp3) is 0.500. The Morgan fingerprint density at radius 2 is 1.69 bits per heavy atom. The molecule has 7 nitrogen and oxygen atoms in total. The van der Waals surface area contributed by atoms with Crippen LogP contribution >= 0.6 is 12.2 Å². The van der Waals surface area contributed by atoms with Crippen LogP contribution in [0.15, 0.2) is 36.4 Å². The molecule has 2 heterocycles. The molecule has 13 heteroatoms. The van der Waals surface area contributed by atoms with E-state index in [0.29, 0.717) is 51.1 Å². The number of piperidine rings is 1. The predicted octanol–water partition coefficient (Wildman–Crippen LogP) is 5.94. The average molecular weight is 574 g/mol. The molecule has 2 aliphatic rings. The van der Waals surface area contributed by atoms with Crippen molar-refractivity contribution >= 4 is 34.3 Å². The van der Waals surface area contributed by atoms with Crippen molar-refractivity contribution in [2.75, 3.05) is 56.0 Å². The van der Waals surface area contributed by atoms with Gasteiger partial charge in [-0.15, -0.1) is 0 Å². The van der Waals surface area contributed by atoms with Crippen LogP contribution in [-0.2, 0) is 6.18 Å². The van der Waals surface area contributed by atoms with Crippen molar-refractivity contribution in [1.82, 2.24) is 9.80 Å². The molecule has 2 aromatic rings. The lowest BCUT2D eigenvalue weighted by atomic mass is 10.0. The zero-order valence-corrected chi connectivity index (χ0v) is 21.3. The fourth-order valence-electron chi connectivity index (χ4n) is 4.88. The maximum atomic E-state index is 14.1. The molecule has 2 aliphatic heterocycles. The Hall–Kier alpha value is -3.06. The number of nitro benzene ring substituents is 1. The second kappa shape index (κ2) is 12.9. The number of nitro groups is 1. The molecular formula is C26H32F5N5O2S. The van der Waals surface area contributed by atoms with Gasteiger partial charge in [-0.2, -0.15) is 13.2 Å². The number of likely N-dealkylation sites (tertiary alicyclic amines) is 1. The number of alkyl halides is 3. The van der Waals surface area contributed by atoms with Crippen molar-refractivity contribution in [1.29, 1.82) is 0 Å². The summed E-state index contributed by atoms with van der Waals surface area (Å²) in [6.45, 7) is 4.82. The lowest BCUT2D eigenvalue weighted by Crippen LogP contribution is -2.48. The van der Waals surface area contributed by atoms with Crippen LogP contribution < -0.4 is 10.2 Å². The molecule has 0 atom stereocenters. The molecule has 0 aromatic heterocycles. The quantitative estimate of drug-likeness (QED) is 0.190. The van der Waals surface area contributed by atoms with Crippen LogP contribution in [0.5, 0.6) is 0 Å². The van der Waals surface area contributed by atoms with E-state index in [1.54, 1.807) is 0 Å². The summed E-state index contributed by atoms with van der Waals surface area (Å²) in [4.78, 5) is 17.0. The lowest BCUT2D eigenvalue weighted by molar-refractivity contribution is -0.388. The van der Waals surface area contributed by atoms with Gasteiger partial charge in [-0.25, -0.2) is 8.78 Å². The van der Waals surface area contributed by atoms with Gasteiger partial charge < -0.3 is 15.1 Å². The number of rotatable bonds is 7. The second-order valence-corrected chi connectivity index (χ2v) is 9.93. The molecule has 0 bridgehead atoms. The molecule has 2 fully saturated rings. The molecule has 0 unspecified atom stereocenters. The summed E-state index contributed by atoms with van der Waals surface area (Å²) < 4.78 is 67.0. The Morgan fingerprint density at radius 1 is 1.03 bits per heavy atom. The Kier molecular flexibility index (Phi) is 10.1. The van der Waals surface area contributed by atoms with Gasteiger partial charge >= 0.3 is 6.18 Å². The molecule has 1 N–H and O–H groups in total. The highest BCUT2D eigenvalue weighted by Gasteiger charge is 2.38. The van der Waals surface area contributed by atoms with Gasteiger partial charge in [0, 0.05) is 76.1 Å². The van der Waals surface area contributed by atoms with E-state index in [1.165, 1.54) is 18.2 Å². The molecule has 0 saturated carbocycles. The van der Waals surface area contributed by atoms with Gasteiger partial charge in [-0.05, 0) is 37.1 Å². The zero-order valence-electron chi connectivity index (χ0n) is 20.5. The van der Waals surface area contributed by atoms with Crippen molar-refractivity contribution in [3.8, 4) is 0 Å². The SMILES string of the molecule is C.O=[N+]([O-])c1ccc(NC2CCN(C(=S)CCN3CCN(c4ccc(F)cc4F)CC3)CC2)cc1C(F)(F)F. The minimum atomic E-state index is -4.82. The van der Waals surface area contributed by atoms with Crippen molar-refractivity contribution in [2.45, 2.75) is 38.9 Å². The zero-order chi connectivity index (χ0) is 27.4. The molecule has 2 aromatic carbocycles. The topological polar surface area (TPSA) is 64.9 Å². The fourth-order valence-corrected chi connectivity index (χ4v) is 5.16. The molecule has 0 amide bonds. The Morgan fingerprint density at radius 3 is 2.28 bits per heavy atom. The minimum Gasteiger partial charge on any atom is -0.382 e. The summed E-state index contributed by atoms with van der Waals surface area (Å²) in [6, 6.07) is 6.51. The van der Waals surface area contributed by atoms with E-state index < -0.39 is 34.0 Å². The monoisotopic (exact) mass is 573 g/mol. The molecule has 0 radical (unpaired) electrons. The number of nitrogens with one attached hydrogen (secondary N) is 1. The number of piperazine rings is 1. The molecule has 4 rings (SSSR count). The Balaban J connectivity index is 0.00000420. The highest BCUT2D eigenvalue weighted by molar-refractivity contribution is 7.80. The maximum absolute atomic E-state index is 14.1. The molecule has 2 saturated heterocycles. The van der Waals surface area contributed by atoms with Crippen LogP contribution in [0.2, 0.25) is 0 Å². The van der Waals surface area contributed by atoms with Crippen molar-refractivity contribution < 1.29 is 26.9 Å². The first-order chi connectivity index (χ1) is 18.0. The van der Waals surface area contributed by atoms with E-state index in [2.05, 4.69) is 15.1 Å². The summed E-state index contributed by atoms with van der Waals surface area (Å²) in [5.74, 6) is -1.16. The van der Waals surface area contributed by atoms with E-state index in [1.807, 2.05) is 4.90 Å². The average Bonchev–Trinajstić information content (AvgIpc) is 2.87. The van der Waals surface area contributed by atoms with Gasteiger partial charge in [-0.1, -0.05) is 19.6 Å². The molecule has 39 heavy (non-hydrogen) atoms. The molecule has 0 spiro atoms. The molecular weight excluding hydrogens is 541 g/mol. The number of halogens is 5. The van der Waals surface area contributed by atoms with Crippen LogP contribution in [0, 0.1) is 21.7 Å². The third-order valence-electron chi connectivity index (χ3n) is 6.98. The first kappa shape index (κ1) is 30.5. The normalized spacial score (nSPS) is 17.1. The van der Waals surface area contributed by atoms with Crippen LogP contribution in [0.25, 0.3) is 0 Å². The van der Waals surface area contributed by atoms with Gasteiger partial charge in [-0.3, -0.25) is 15.0 Å². The van der Waals surface area contributed by atoms with Gasteiger partial charge in [0.25, 0.3) is 5.69 Å². The van der Waals surface area contributed by atoms with Crippen molar-refractivity contribution in [3.63, 3.8) is 0 Å². The third-order valence-corrected chi connectivity index (χ3v) is 7.44. The van der Waals surface area contributed by atoms with Gasteiger partial charge in [0.1, 0.15) is 17.2 Å². The minimum absolute atomic E-state index is 0. The summed E-state index contributed by atoms with van der Waals surface area (Å²) in [5, 5.41) is 14.0. The number of thiocarbonyl (C=S) groups is 1. The van der Waals surface area contributed by atoms with Crippen LogP contribution in [0.1, 0.15) is 32.3 Å². The van der Waals surface area contributed by atoms with Gasteiger partial charge in [0.2, 0.25) is 0 Å². The number of hydrogen-bond acceptors (Lipinski definition) is 6. The van der Waals surface area contributed by atoms with E-state index in [0.717, 1.165) is 42.8 Å². The van der Waals surface area contributed by atoms with E-state index in [9.17, 15) is 32.1 Å². The number of hydrogen-bond donors (Lipinski definition) is 1. The van der Waals surface area contributed by atoms with Crippen molar-refractivity contribution in [3.05, 3.63) is 63.7 Å². The Bertz CT molecular complexity index is 1170. The highest BCUT2D eigenvalue weighted by atomic mass is 32.1. The predicted molar refractivity (Wildman–Crippen MR) is 145 cm³/mol. The third kappa shape index (κ3) is 7.75. The summed E-state index contributed by atoms with van der Waals surface area (Å²) in [5.41, 5.74) is -1.63. The first-order valence-corrected chi connectivity index (χ1v) is 12.7. The molecule has 214 valence electrons. The standard InChI is InChI=1S/C25H28F5N5O2S.CH4/c26-17-1-3-23(21(27)15-17)33-13-11-32(12-14-33)8-7-24(38)34-9-5-18(6-10-34)31-19-2-4-22(35(36)37)20(16-19)25(28,29)30;/h1-4,15-16,18,31H,5-14H2;1H4. The lowest BCUT2D eigenvalue weighted by Gasteiger charge is -2.37. The van der Waals surface area contributed by atoms with Crippen LogP contribution in [-0.4, -0.2) is 71.6 Å². The molecule has 0 aliphatic carbocycles. The van der Waals surface area contributed by atoms with E-state index >= 15 is 0 Å². The van der Waals surface area contributed by atoms with Crippen molar-refractivity contribution in [2.24, 2.45) is 0 Å². The number of anilines is 2. The van der Waals surface area contributed by atoms with Gasteiger partial charge in [0.05, 0.1) is 15.6 Å². The summed E-state index contributed by atoms with van der Waals surface area (Å²) >= 11 is 5.63. The van der Waals surface area contributed by atoms with E-state index in [4.69, 9.17) is 12.2 Å². The summed E-state index contributed by atoms with van der Waals surface area (Å²) in [6.07, 6.45) is -2.80. The number of nitrogens with zero attached hydrogens (tertiary/aromatic N) is 4. The van der Waals surface area contributed by atoms with Crippen LogP contribution in [0.3, 0.4) is 0 Å². The van der Waals surface area contributed by atoms with Crippen LogP contribution in [0.4, 0.5) is 39.0 Å². The van der Waals surface area contributed by atoms with E-state index in [-0.39, 0.29) is 19.2 Å². The summed E-state index contributed by atoms with van der Waals surface area (Å²) in [7, 11) is 0. The number of benzene rings is 2. The smallest absolute Gasteiger partial charge is 0.382 e.